The molecule has 0 radical (unpaired) electrons. The normalized spacial score (nSPS) is 10.8. The monoisotopic (exact) mass is 288 g/mol. The van der Waals surface area contributed by atoms with Crippen LogP contribution in [0.3, 0.4) is 0 Å². The zero-order chi connectivity index (χ0) is 15.2. The molecule has 0 aliphatic heterocycles. The van der Waals surface area contributed by atoms with Gasteiger partial charge in [0, 0.05) is 31.0 Å². The zero-order valence-electron chi connectivity index (χ0n) is 11.8. The van der Waals surface area contributed by atoms with Gasteiger partial charge >= 0.3 is 5.97 Å². The summed E-state index contributed by atoms with van der Waals surface area (Å²) in [4.78, 5) is 10.6. The van der Waals surface area contributed by atoms with E-state index in [-0.39, 0.29) is 0 Å². The Labute approximate surface area is 122 Å². The Bertz CT molecular complexity index is 661. The molecule has 0 unspecified atom stereocenters. The first-order chi connectivity index (χ1) is 10.1. The Balaban J connectivity index is 2.19. The van der Waals surface area contributed by atoms with Crippen molar-refractivity contribution < 1.29 is 19.4 Å². The van der Waals surface area contributed by atoms with Crippen molar-refractivity contribution in [3.05, 3.63) is 47.8 Å². The molecule has 0 fully saturated rings. The van der Waals surface area contributed by atoms with Crippen LogP contribution < -0.4 is 9.47 Å². The average molecular weight is 288 g/mol. The summed E-state index contributed by atoms with van der Waals surface area (Å²) in [6, 6.07) is 7.05. The van der Waals surface area contributed by atoms with E-state index in [1.54, 1.807) is 30.0 Å². The molecule has 2 aromatic rings. The number of carbonyl (C=O) groups is 1. The smallest absolute Gasteiger partial charge is 0.328 e. The largest absolute Gasteiger partial charge is 0.497 e. The van der Waals surface area contributed by atoms with Gasteiger partial charge in [0.2, 0.25) is 0 Å². The molecule has 1 aromatic carbocycles. The van der Waals surface area contributed by atoms with Gasteiger partial charge in [0.05, 0.1) is 12.8 Å². The Morgan fingerprint density at radius 1 is 1.43 bits per heavy atom. The topological polar surface area (TPSA) is 73.6 Å². The third kappa shape index (κ3) is 4.10. The molecule has 0 bridgehead atoms. The quantitative estimate of drug-likeness (QED) is 0.824. The Kier molecular flexibility index (Phi) is 4.61. The molecule has 0 atom stereocenters. The molecule has 1 aromatic heterocycles. The second-order valence-electron chi connectivity index (χ2n) is 4.34. The Morgan fingerprint density at radius 3 is 2.86 bits per heavy atom. The molecule has 0 amide bonds. The van der Waals surface area contributed by atoms with Gasteiger partial charge in [0.15, 0.2) is 0 Å². The number of nitrogens with zero attached hydrogens (tertiary/aromatic N) is 2. The fourth-order valence-electron chi connectivity index (χ4n) is 1.76. The standard InChI is InChI=1S/C15H16N2O4/c1-17-8-7-12(16-17)10-21-14-9-13(20-2)5-3-11(14)4-6-15(18)19/h3-9H,10H2,1-2H3,(H,18,19)/b6-4+. The molecule has 21 heavy (non-hydrogen) atoms. The maximum atomic E-state index is 10.6. The highest BCUT2D eigenvalue weighted by atomic mass is 16.5. The summed E-state index contributed by atoms with van der Waals surface area (Å²) in [7, 11) is 3.39. The lowest BCUT2D eigenvalue weighted by Crippen LogP contribution is -2.00. The summed E-state index contributed by atoms with van der Waals surface area (Å²) in [6.07, 6.45) is 4.38. The van der Waals surface area contributed by atoms with Gasteiger partial charge in [-0.1, -0.05) is 0 Å². The van der Waals surface area contributed by atoms with Crippen molar-refractivity contribution >= 4 is 12.0 Å². The van der Waals surface area contributed by atoms with Gasteiger partial charge in [-0.15, -0.1) is 0 Å². The fraction of sp³-hybridized carbons (Fsp3) is 0.200. The summed E-state index contributed by atoms with van der Waals surface area (Å²) in [6.45, 7) is 0.294. The molecule has 2 rings (SSSR count). The predicted molar refractivity (Wildman–Crippen MR) is 77.2 cm³/mol. The number of ether oxygens (including phenoxy) is 2. The van der Waals surface area contributed by atoms with Crippen molar-refractivity contribution in [1.29, 1.82) is 0 Å². The molecule has 0 spiro atoms. The number of methoxy groups -OCH3 is 1. The summed E-state index contributed by atoms with van der Waals surface area (Å²) >= 11 is 0. The molecule has 0 saturated heterocycles. The summed E-state index contributed by atoms with van der Waals surface area (Å²) in [5, 5.41) is 12.9. The maximum Gasteiger partial charge on any atom is 0.328 e. The van der Waals surface area contributed by atoms with E-state index in [9.17, 15) is 4.79 Å². The summed E-state index contributed by atoms with van der Waals surface area (Å²) < 4.78 is 12.6. The lowest BCUT2D eigenvalue weighted by Gasteiger charge is -2.10. The first-order valence-electron chi connectivity index (χ1n) is 6.29. The molecular weight excluding hydrogens is 272 g/mol. The van der Waals surface area contributed by atoms with Crippen molar-refractivity contribution in [2.24, 2.45) is 7.05 Å². The van der Waals surface area contributed by atoms with Gasteiger partial charge in [-0.25, -0.2) is 4.79 Å². The number of benzene rings is 1. The van der Waals surface area contributed by atoms with Gasteiger partial charge in [-0.3, -0.25) is 4.68 Å². The third-order valence-corrected chi connectivity index (χ3v) is 2.77. The highest BCUT2D eigenvalue weighted by molar-refractivity contribution is 5.86. The van der Waals surface area contributed by atoms with Crippen LogP contribution in [0.5, 0.6) is 11.5 Å². The van der Waals surface area contributed by atoms with Gasteiger partial charge < -0.3 is 14.6 Å². The molecule has 0 aliphatic rings. The second-order valence-corrected chi connectivity index (χ2v) is 4.34. The average Bonchev–Trinajstić information content (AvgIpc) is 2.88. The van der Waals surface area contributed by atoms with Crippen LogP contribution >= 0.6 is 0 Å². The zero-order valence-corrected chi connectivity index (χ0v) is 11.8. The van der Waals surface area contributed by atoms with Crippen molar-refractivity contribution in [2.75, 3.05) is 7.11 Å². The summed E-state index contributed by atoms with van der Waals surface area (Å²) in [5.74, 6) is 0.164. The van der Waals surface area contributed by atoms with Gasteiger partial charge in [0.25, 0.3) is 0 Å². The molecule has 1 N–H and O–H groups in total. The minimum atomic E-state index is -1.01. The second kappa shape index (κ2) is 6.60. The third-order valence-electron chi connectivity index (χ3n) is 2.77. The Morgan fingerprint density at radius 2 is 2.24 bits per heavy atom. The first kappa shape index (κ1) is 14.6. The van der Waals surface area contributed by atoms with Crippen molar-refractivity contribution in [3.63, 3.8) is 0 Å². The number of hydrogen-bond donors (Lipinski definition) is 1. The molecule has 110 valence electrons. The summed E-state index contributed by atoms with van der Waals surface area (Å²) in [5.41, 5.74) is 1.45. The number of rotatable bonds is 6. The maximum absolute atomic E-state index is 10.6. The Hall–Kier alpha value is -2.76. The SMILES string of the molecule is COc1ccc(/C=C/C(=O)O)c(OCc2ccn(C)n2)c1. The van der Waals surface area contributed by atoms with Crippen molar-refractivity contribution in [3.8, 4) is 11.5 Å². The number of aliphatic carboxylic acids is 1. The van der Waals surface area contributed by atoms with Gasteiger partial charge in [-0.05, 0) is 24.3 Å². The van der Waals surface area contributed by atoms with E-state index >= 15 is 0 Å². The lowest BCUT2D eigenvalue weighted by molar-refractivity contribution is -0.131. The molecule has 6 heteroatoms. The molecule has 6 nitrogen and oxygen atoms in total. The van der Waals surface area contributed by atoms with Crippen LogP contribution in [-0.4, -0.2) is 28.0 Å². The molecule has 1 heterocycles. The van der Waals surface area contributed by atoms with E-state index in [1.165, 1.54) is 6.08 Å². The van der Waals surface area contributed by atoms with E-state index in [1.807, 2.05) is 19.3 Å². The van der Waals surface area contributed by atoms with Crippen LogP contribution in [-0.2, 0) is 18.4 Å². The number of aryl methyl sites for hydroxylation is 1. The number of aromatic nitrogens is 2. The first-order valence-corrected chi connectivity index (χ1v) is 6.29. The molecular formula is C15H16N2O4. The van der Waals surface area contributed by atoms with Gasteiger partial charge in [-0.2, -0.15) is 5.10 Å². The van der Waals surface area contributed by atoms with Crippen molar-refractivity contribution in [1.82, 2.24) is 9.78 Å². The minimum Gasteiger partial charge on any atom is -0.497 e. The van der Waals surface area contributed by atoms with E-state index in [0.717, 1.165) is 11.8 Å². The van der Waals surface area contributed by atoms with E-state index in [0.29, 0.717) is 23.7 Å². The van der Waals surface area contributed by atoms with E-state index < -0.39 is 5.97 Å². The van der Waals surface area contributed by atoms with Crippen LogP contribution in [0.25, 0.3) is 6.08 Å². The number of carboxylic acids is 1. The molecule has 0 saturated carbocycles. The van der Waals surface area contributed by atoms with Crippen LogP contribution in [0.1, 0.15) is 11.3 Å². The van der Waals surface area contributed by atoms with Crippen molar-refractivity contribution in [2.45, 2.75) is 6.61 Å². The van der Waals surface area contributed by atoms with Crippen LogP contribution in [0.15, 0.2) is 36.5 Å². The van der Waals surface area contributed by atoms with Crippen LogP contribution in [0.4, 0.5) is 0 Å². The predicted octanol–water partition coefficient (Wildman–Crippen LogP) is 2.11. The van der Waals surface area contributed by atoms with Gasteiger partial charge in [0.1, 0.15) is 18.1 Å². The lowest BCUT2D eigenvalue weighted by atomic mass is 10.1. The van der Waals surface area contributed by atoms with Crippen LogP contribution in [0.2, 0.25) is 0 Å². The highest BCUT2D eigenvalue weighted by Gasteiger charge is 2.06. The minimum absolute atomic E-state index is 0.294. The number of hydrogen-bond acceptors (Lipinski definition) is 4. The van der Waals surface area contributed by atoms with E-state index in [2.05, 4.69) is 5.10 Å². The number of carboxylic acid groups (broad SMARTS) is 1. The fourth-order valence-corrected chi connectivity index (χ4v) is 1.76. The van der Waals surface area contributed by atoms with E-state index in [4.69, 9.17) is 14.6 Å². The molecule has 0 aliphatic carbocycles. The van der Waals surface area contributed by atoms with Crippen LogP contribution in [0, 0.1) is 0 Å². The highest BCUT2D eigenvalue weighted by Crippen LogP contribution is 2.26.